The molecule has 36 heavy (non-hydrogen) atoms. The van der Waals surface area contributed by atoms with E-state index in [0.29, 0.717) is 42.1 Å². The number of hydrogen-bond acceptors (Lipinski definition) is 5. The van der Waals surface area contributed by atoms with Gasteiger partial charge in [0, 0.05) is 44.5 Å². The number of carbonyl (C=O) groups excluding carboxylic acids is 1. The molecule has 1 amide bonds. The second kappa shape index (κ2) is 8.94. The first-order chi connectivity index (χ1) is 17.4. The summed E-state index contributed by atoms with van der Waals surface area (Å²) in [6, 6.07) is 5.93. The number of hydrogen-bond donors (Lipinski definition) is 1. The van der Waals surface area contributed by atoms with Gasteiger partial charge in [-0.05, 0) is 36.6 Å². The van der Waals surface area contributed by atoms with Gasteiger partial charge in [0.25, 0.3) is 11.5 Å². The summed E-state index contributed by atoms with van der Waals surface area (Å²) in [6.45, 7) is 3.18. The molecule has 0 spiro atoms. The summed E-state index contributed by atoms with van der Waals surface area (Å²) in [6.07, 6.45) is 4.11. The van der Waals surface area contributed by atoms with E-state index in [1.54, 1.807) is 21.4 Å². The van der Waals surface area contributed by atoms with Crippen LogP contribution in [0.4, 0.5) is 10.3 Å². The topological polar surface area (TPSA) is 91.5 Å². The maximum absolute atomic E-state index is 14.8. The number of aromatic amines is 1. The molecule has 6 rings (SSSR count). The molecule has 0 bridgehead atoms. The van der Waals surface area contributed by atoms with E-state index in [1.165, 1.54) is 18.3 Å². The van der Waals surface area contributed by atoms with Gasteiger partial charge < -0.3 is 14.8 Å². The van der Waals surface area contributed by atoms with Gasteiger partial charge in [0.15, 0.2) is 5.82 Å². The predicted molar refractivity (Wildman–Crippen MR) is 133 cm³/mol. The van der Waals surface area contributed by atoms with Crippen LogP contribution < -0.4 is 10.5 Å². The third-order valence-electron chi connectivity index (χ3n) is 6.84. The number of carbonyl (C=O) groups is 1. The van der Waals surface area contributed by atoms with Gasteiger partial charge in [-0.2, -0.15) is 0 Å². The van der Waals surface area contributed by atoms with Crippen LogP contribution in [-0.4, -0.2) is 54.6 Å². The van der Waals surface area contributed by atoms with Crippen molar-refractivity contribution in [2.24, 2.45) is 0 Å². The van der Waals surface area contributed by atoms with Crippen LogP contribution in [0, 0.1) is 5.82 Å². The summed E-state index contributed by atoms with van der Waals surface area (Å²) in [5.41, 5.74) is 1.30. The number of fused-ring (bicyclic) bond motifs is 2. The number of nitrogens with one attached hydrogen (secondary N) is 1. The Hall–Kier alpha value is -3.37. The summed E-state index contributed by atoms with van der Waals surface area (Å²) >= 11 is 12.4. The molecule has 0 unspecified atom stereocenters. The molecule has 2 aliphatic heterocycles. The quantitative estimate of drug-likeness (QED) is 0.436. The molecule has 3 aromatic heterocycles. The number of benzene rings is 1. The third kappa shape index (κ3) is 3.84. The van der Waals surface area contributed by atoms with Crippen LogP contribution in [0.25, 0.3) is 5.52 Å². The summed E-state index contributed by atoms with van der Waals surface area (Å²) in [5, 5.41) is 9.12. The molecule has 9 nitrogen and oxygen atoms in total. The average molecular weight is 530 g/mol. The van der Waals surface area contributed by atoms with Crippen molar-refractivity contribution in [2.75, 3.05) is 24.5 Å². The minimum absolute atomic E-state index is 0.0162. The maximum atomic E-state index is 14.8. The minimum atomic E-state index is -0.595. The van der Waals surface area contributed by atoms with Gasteiger partial charge in [0.2, 0.25) is 5.95 Å². The number of nitrogens with zero attached hydrogens (tertiary/aromatic N) is 6. The van der Waals surface area contributed by atoms with Crippen molar-refractivity contribution in [1.29, 1.82) is 0 Å². The molecule has 4 aromatic rings. The largest absolute Gasteiger partial charge is 0.341 e. The van der Waals surface area contributed by atoms with E-state index < -0.39 is 11.7 Å². The Balaban J connectivity index is 1.26. The summed E-state index contributed by atoms with van der Waals surface area (Å²) < 4.78 is 18.4. The maximum Gasteiger partial charge on any atom is 0.272 e. The Bertz CT molecular complexity index is 1550. The van der Waals surface area contributed by atoms with Gasteiger partial charge in [-0.3, -0.25) is 18.6 Å². The zero-order chi connectivity index (χ0) is 25.0. The van der Waals surface area contributed by atoms with Crippen LogP contribution in [-0.2, 0) is 19.5 Å². The monoisotopic (exact) mass is 529 g/mol. The lowest BCUT2D eigenvalue weighted by Gasteiger charge is -2.29. The molecule has 1 N–H and O–H groups in total. The number of rotatable bonds is 4. The molecule has 2 aliphatic rings. The SMILES string of the molecule is O=C(c1cc(Cc2c[nH]c(=O)c3cc(Cl)c(Cl)n23)ccc1F)N1CCn2c(nnc2N2CCCC2)C1. The van der Waals surface area contributed by atoms with Gasteiger partial charge in [0.05, 0.1) is 17.1 Å². The lowest BCUT2D eigenvalue weighted by molar-refractivity contribution is 0.0703. The Morgan fingerprint density at radius 1 is 1.08 bits per heavy atom. The zero-order valence-corrected chi connectivity index (χ0v) is 20.7. The molecule has 12 heteroatoms. The first kappa shape index (κ1) is 23.1. The molecule has 0 radical (unpaired) electrons. The molecular formula is C24H22Cl2FN7O2. The van der Waals surface area contributed by atoms with Gasteiger partial charge in [0.1, 0.15) is 16.5 Å². The summed E-state index contributed by atoms with van der Waals surface area (Å²) in [4.78, 5) is 32.0. The van der Waals surface area contributed by atoms with Crippen molar-refractivity contribution in [1.82, 2.24) is 29.0 Å². The second-order valence-electron chi connectivity index (χ2n) is 9.09. The number of halogens is 3. The van der Waals surface area contributed by atoms with Crippen molar-refractivity contribution in [3.05, 3.63) is 79.5 Å². The highest BCUT2D eigenvalue weighted by Gasteiger charge is 2.29. The Morgan fingerprint density at radius 3 is 2.69 bits per heavy atom. The van der Waals surface area contributed by atoms with Crippen LogP contribution >= 0.6 is 23.2 Å². The molecule has 5 heterocycles. The highest BCUT2D eigenvalue weighted by Crippen LogP contribution is 2.28. The van der Waals surface area contributed by atoms with Crippen LogP contribution in [0.5, 0.6) is 0 Å². The van der Waals surface area contributed by atoms with Gasteiger partial charge >= 0.3 is 0 Å². The fourth-order valence-electron chi connectivity index (χ4n) is 5.01. The number of aromatic nitrogens is 5. The molecular weight excluding hydrogens is 508 g/mol. The van der Waals surface area contributed by atoms with Gasteiger partial charge in [-0.15, -0.1) is 10.2 Å². The molecule has 0 atom stereocenters. The van der Waals surface area contributed by atoms with Crippen LogP contribution in [0.3, 0.4) is 0 Å². The average Bonchev–Trinajstić information content (AvgIpc) is 3.61. The van der Waals surface area contributed by atoms with Crippen molar-refractivity contribution < 1.29 is 9.18 Å². The lowest BCUT2D eigenvalue weighted by Crippen LogP contribution is -2.39. The van der Waals surface area contributed by atoms with E-state index in [0.717, 1.165) is 31.9 Å². The van der Waals surface area contributed by atoms with Crippen molar-refractivity contribution in [3.63, 3.8) is 0 Å². The fraction of sp³-hybridized carbons (Fsp3) is 0.333. The zero-order valence-electron chi connectivity index (χ0n) is 19.2. The summed E-state index contributed by atoms with van der Waals surface area (Å²) in [5.74, 6) is 0.545. The molecule has 1 aromatic carbocycles. The van der Waals surface area contributed by atoms with E-state index >= 15 is 0 Å². The lowest BCUT2D eigenvalue weighted by atomic mass is 10.0. The van der Waals surface area contributed by atoms with Crippen molar-refractivity contribution >= 4 is 40.6 Å². The van der Waals surface area contributed by atoms with E-state index in [9.17, 15) is 14.0 Å². The highest BCUT2D eigenvalue weighted by molar-refractivity contribution is 6.42. The third-order valence-corrected chi connectivity index (χ3v) is 7.60. The smallest absolute Gasteiger partial charge is 0.272 e. The van der Waals surface area contributed by atoms with Crippen molar-refractivity contribution in [2.45, 2.75) is 32.4 Å². The predicted octanol–water partition coefficient (Wildman–Crippen LogP) is 3.51. The van der Waals surface area contributed by atoms with Crippen LogP contribution in [0.1, 0.15) is 40.3 Å². The Kier molecular flexibility index (Phi) is 5.72. The number of H-pyrrole nitrogens is 1. The first-order valence-corrected chi connectivity index (χ1v) is 12.5. The number of amides is 1. The summed E-state index contributed by atoms with van der Waals surface area (Å²) in [7, 11) is 0. The first-order valence-electron chi connectivity index (χ1n) is 11.7. The molecule has 0 aliphatic carbocycles. The fourth-order valence-corrected chi connectivity index (χ4v) is 5.46. The van der Waals surface area contributed by atoms with Crippen LogP contribution in [0.15, 0.2) is 35.3 Å². The normalized spacial score (nSPS) is 15.6. The van der Waals surface area contributed by atoms with Crippen LogP contribution in [0.2, 0.25) is 10.2 Å². The number of anilines is 1. The van der Waals surface area contributed by atoms with Crippen molar-refractivity contribution in [3.8, 4) is 0 Å². The Morgan fingerprint density at radius 2 is 1.89 bits per heavy atom. The highest BCUT2D eigenvalue weighted by atomic mass is 35.5. The standard InChI is InChI=1S/C24H22Cl2FN7O2/c25-17-11-19-22(35)28-12-15(34(19)21(17)26)9-14-3-4-18(27)16(10-14)23(36)32-7-8-33-20(13-32)29-30-24(33)31-5-1-2-6-31/h3-4,10-12H,1-2,5-9,13H2,(H,28,35). The molecule has 1 fully saturated rings. The van der Waals surface area contributed by atoms with E-state index in [2.05, 4.69) is 24.6 Å². The van der Waals surface area contributed by atoms with Gasteiger partial charge in [-0.1, -0.05) is 29.3 Å². The molecule has 186 valence electrons. The molecule has 0 saturated carbocycles. The molecule has 1 saturated heterocycles. The minimum Gasteiger partial charge on any atom is -0.341 e. The van der Waals surface area contributed by atoms with E-state index in [4.69, 9.17) is 23.2 Å². The Labute approximate surface area is 215 Å². The van der Waals surface area contributed by atoms with Gasteiger partial charge in [-0.25, -0.2) is 4.39 Å². The van der Waals surface area contributed by atoms with E-state index in [-0.39, 0.29) is 27.8 Å². The second-order valence-corrected chi connectivity index (χ2v) is 9.86. The van der Waals surface area contributed by atoms with E-state index in [1.807, 2.05) is 0 Å².